The first kappa shape index (κ1) is 13.5. The lowest BCUT2D eigenvalue weighted by atomic mass is 10.1. The van der Waals surface area contributed by atoms with Crippen LogP contribution in [0.25, 0.3) is 10.9 Å². The molecule has 2 heterocycles. The van der Waals surface area contributed by atoms with Crippen molar-refractivity contribution in [3.8, 4) is 0 Å². The van der Waals surface area contributed by atoms with Gasteiger partial charge in [0.05, 0.1) is 18.2 Å². The van der Waals surface area contributed by atoms with Gasteiger partial charge in [0.15, 0.2) is 0 Å². The number of ether oxygens (including phenoxy) is 1. The molecule has 1 fully saturated rings. The van der Waals surface area contributed by atoms with E-state index in [2.05, 4.69) is 34.1 Å². The molecule has 0 spiro atoms. The van der Waals surface area contributed by atoms with Crippen molar-refractivity contribution in [1.82, 2.24) is 9.88 Å². The summed E-state index contributed by atoms with van der Waals surface area (Å²) in [4.78, 5) is 6.77. The van der Waals surface area contributed by atoms with Crippen molar-refractivity contribution in [1.29, 1.82) is 0 Å². The van der Waals surface area contributed by atoms with Crippen LogP contribution in [-0.2, 0) is 11.3 Å². The van der Waals surface area contributed by atoms with Gasteiger partial charge in [-0.3, -0.25) is 9.88 Å². The average molecular weight is 271 g/mol. The van der Waals surface area contributed by atoms with Crippen molar-refractivity contribution in [2.75, 3.05) is 19.7 Å². The molecule has 2 unspecified atom stereocenters. The minimum atomic E-state index is 0.0820. The topological polar surface area (TPSA) is 51.4 Å². The molecule has 1 aromatic carbocycles. The molecule has 4 heteroatoms. The normalized spacial score (nSPS) is 22.0. The van der Waals surface area contributed by atoms with Gasteiger partial charge >= 0.3 is 0 Å². The Bertz CT molecular complexity index is 585. The molecular weight excluding hydrogens is 250 g/mol. The van der Waals surface area contributed by atoms with Gasteiger partial charge in [-0.1, -0.05) is 12.1 Å². The lowest BCUT2D eigenvalue weighted by Gasteiger charge is -2.34. The molecule has 0 aliphatic carbocycles. The second-order valence-corrected chi connectivity index (χ2v) is 5.53. The van der Waals surface area contributed by atoms with Gasteiger partial charge in [0.25, 0.3) is 0 Å². The van der Waals surface area contributed by atoms with E-state index in [0.29, 0.717) is 0 Å². The number of aromatic nitrogens is 1. The third-order valence-corrected chi connectivity index (χ3v) is 3.84. The van der Waals surface area contributed by atoms with E-state index in [-0.39, 0.29) is 12.1 Å². The number of nitrogens with two attached hydrogens (primary N) is 1. The van der Waals surface area contributed by atoms with E-state index in [1.54, 1.807) is 0 Å². The van der Waals surface area contributed by atoms with Crippen LogP contribution < -0.4 is 5.73 Å². The van der Waals surface area contributed by atoms with Crippen LogP contribution in [0.2, 0.25) is 0 Å². The maximum atomic E-state index is 5.94. The smallest absolute Gasteiger partial charge is 0.0850 e. The van der Waals surface area contributed by atoms with Crippen LogP contribution in [0.15, 0.2) is 36.5 Å². The van der Waals surface area contributed by atoms with Crippen molar-refractivity contribution in [3.63, 3.8) is 0 Å². The zero-order chi connectivity index (χ0) is 13.9. The van der Waals surface area contributed by atoms with Gasteiger partial charge in [0.2, 0.25) is 0 Å². The van der Waals surface area contributed by atoms with Gasteiger partial charge in [-0.05, 0) is 30.7 Å². The third kappa shape index (κ3) is 2.98. The molecule has 0 radical (unpaired) electrons. The molecular formula is C16H21N3O. The van der Waals surface area contributed by atoms with Crippen LogP contribution in [0.5, 0.6) is 0 Å². The van der Waals surface area contributed by atoms with Crippen LogP contribution >= 0.6 is 0 Å². The number of hydrogen-bond acceptors (Lipinski definition) is 4. The van der Waals surface area contributed by atoms with Gasteiger partial charge in [-0.25, -0.2) is 0 Å². The first-order valence-electron chi connectivity index (χ1n) is 7.15. The number of hydrogen-bond donors (Lipinski definition) is 1. The zero-order valence-corrected chi connectivity index (χ0v) is 11.8. The lowest BCUT2D eigenvalue weighted by Crippen LogP contribution is -2.49. The number of nitrogens with zero attached hydrogens (tertiary/aromatic N) is 2. The molecule has 106 valence electrons. The summed E-state index contributed by atoms with van der Waals surface area (Å²) in [5.41, 5.74) is 8.30. The van der Waals surface area contributed by atoms with E-state index >= 15 is 0 Å². The molecule has 0 amide bonds. The van der Waals surface area contributed by atoms with Crippen LogP contribution in [-0.4, -0.2) is 41.7 Å². The van der Waals surface area contributed by atoms with Crippen LogP contribution in [0, 0.1) is 0 Å². The van der Waals surface area contributed by atoms with Crippen LogP contribution in [0.1, 0.15) is 12.5 Å². The zero-order valence-electron chi connectivity index (χ0n) is 11.8. The largest absolute Gasteiger partial charge is 0.374 e. The lowest BCUT2D eigenvalue weighted by molar-refractivity contribution is -0.0403. The van der Waals surface area contributed by atoms with Gasteiger partial charge in [-0.2, -0.15) is 0 Å². The maximum Gasteiger partial charge on any atom is 0.0850 e. The summed E-state index contributed by atoms with van der Waals surface area (Å²) in [6, 6.07) is 10.6. The minimum absolute atomic E-state index is 0.0820. The van der Waals surface area contributed by atoms with Crippen molar-refractivity contribution >= 4 is 10.9 Å². The summed E-state index contributed by atoms with van der Waals surface area (Å²) in [6.45, 7) is 5.59. The van der Waals surface area contributed by atoms with E-state index in [1.165, 1.54) is 10.9 Å². The molecule has 1 aliphatic heterocycles. The molecule has 2 N–H and O–H groups in total. The monoisotopic (exact) mass is 271 g/mol. The molecule has 4 nitrogen and oxygen atoms in total. The molecule has 1 saturated heterocycles. The minimum Gasteiger partial charge on any atom is -0.374 e. The van der Waals surface area contributed by atoms with Crippen molar-refractivity contribution in [3.05, 3.63) is 42.1 Å². The quantitative estimate of drug-likeness (QED) is 0.924. The second-order valence-electron chi connectivity index (χ2n) is 5.53. The van der Waals surface area contributed by atoms with Crippen molar-refractivity contribution < 1.29 is 4.74 Å². The SMILES string of the molecule is CC(N)C1CN(Cc2ccc3ncccc3c2)CCO1. The standard InChI is InChI=1S/C16H21N3O/c1-12(17)16-11-19(7-8-20-16)10-13-4-5-15-14(9-13)3-2-6-18-15/h2-6,9,12,16H,7-8,10-11,17H2,1H3. The summed E-state index contributed by atoms with van der Waals surface area (Å²) in [6.07, 6.45) is 1.97. The molecule has 0 bridgehead atoms. The molecule has 0 saturated carbocycles. The summed E-state index contributed by atoms with van der Waals surface area (Å²) in [5.74, 6) is 0. The summed E-state index contributed by atoms with van der Waals surface area (Å²) >= 11 is 0. The fraction of sp³-hybridized carbons (Fsp3) is 0.438. The van der Waals surface area contributed by atoms with Crippen molar-refractivity contribution in [2.24, 2.45) is 5.73 Å². The first-order chi connectivity index (χ1) is 9.72. The number of morpholine rings is 1. The second kappa shape index (κ2) is 5.87. The van der Waals surface area contributed by atoms with E-state index < -0.39 is 0 Å². The van der Waals surface area contributed by atoms with Crippen LogP contribution in [0.3, 0.4) is 0 Å². The van der Waals surface area contributed by atoms with Crippen LogP contribution in [0.4, 0.5) is 0 Å². The molecule has 1 aromatic heterocycles. The molecule has 20 heavy (non-hydrogen) atoms. The average Bonchev–Trinajstić information content (AvgIpc) is 2.47. The predicted octanol–water partition coefficient (Wildman–Crippen LogP) is 1.78. The Morgan fingerprint density at radius 3 is 3.20 bits per heavy atom. The number of pyridine rings is 1. The van der Waals surface area contributed by atoms with E-state index in [4.69, 9.17) is 10.5 Å². The Balaban J connectivity index is 1.72. The Kier molecular flexibility index (Phi) is 3.96. The summed E-state index contributed by atoms with van der Waals surface area (Å²) in [7, 11) is 0. The van der Waals surface area contributed by atoms with Gasteiger partial charge < -0.3 is 10.5 Å². The Morgan fingerprint density at radius 1 is 1.45 bits per heavy atom. The highest BCUT2D eigenvalue weighted by molar-refractivity contribution is 5.78. The van der Waals surface area contributed by atoms with Crippen molar-refractivity contribution in [2.45, 2.75) is 25.6 Å². The van der Waals surface area contributed by atoms with E-state index in [1.807, 2.05) is 19.2 Å². The number of fused-ring (bicyclic) bond motifs is 1. The fourth-order valence-corrected chi connectivity index (χ4v) is 2.67. The van der Waals surface area contributed by atoms with Gasteiger partial charge in [-0.15, -0.1) is 0 Å². The fourth-order valence-electron chi connectivity index (χ4n) is 2.67. The Morgan fingerprint density at radius 2 is 2.35 bits per heavy atom. The molecule has 1 aliphatic rings. The summed E-state index contributed by atoms with van der Waals surface area (Å²) in [5, 5.41) is 1.20. The predicted molar refractivity (Wildman–Crippen MR) is 80.4 cm³/mol. The maximum absolute atomic E-state index is 5.94. The van der Waals surface area contributed by atoms with Gasteiger partial charge in [0.1, 0.15) is 0 Å². The summed E-state index contributed by atoms with van der Waals surface area (Å²) < 4.78 is 5.70. The number of rotatable bonds is 3. The molecule has 2 aromatic rings. The highest BCUT2D eigenvalue weighted by atomic mass is 16.5. The van der Waals surface area contributed by atoms with E-state index in [9.17, 15) is 0 Å². The third-order valence-electron chi connectivity index (χ3n) is 3.84. The number of benzene rings is 1. The molecule has 3 rings (SSSR count). The first-order valence-corrected chi connectivity index (χ1v) is 7.15. The molecule has 2 atom stereocenters. The van der Waals surface area contributed by atoms with E-state index in [0.717, 1.165) is 31.8 Å². The van der Waals surface area contributed by atoms with Gasteiger partial charge in [0, 0.05) is 37.3 Å². The highest BCUT2D eigenvalue weighted by Gasteiger charge is 2.23. The Labute approximate surface area is 119 Å². The Hall–Kier alpha value is -1.49. The highest BCUT2D eigenvalue weighted by Crippen LogP contribution is 2.16.